The first-order chi connectivity index (χ1) is 25.2. The van der Waals surface area contributed by atoms with E-state index < -0.39 is 12.0 Å². The SMILES string of the molecule is CC(=O)[C@@H]1CCC(=O)C1.Cc1cccc([C@H]2CC[C@@H](C(=O)N[C@@H](C)C(=O)CCc3ccc(N)nc3C)C2)c1.Cc1cccc([C@H]2CC[C@@H](C(=O)O)C2)c1. The number of anilines is 1. The normalized spacial score (nSPS) is 22.5. The molecule has 3 aliphatic rings. The van der Waals surface area contributed by atoms with E-state index in [1.54, 1.807) is 19.9 Å². The average molecular weight is 724 g/mol. The lowest BCUT2D eigenvalue weighted by atomic mass is 9.95. The van der Waals surface area contributed by atoms with Gasteiger partial charge in [-0.1, -0.05) is 65.7 Å². The topological polar surface area (TPSA) is 157 Å². The summed E-state index contributed by atoms with van der Waals surface area (Å²) in [6.07, 6.45) is 8.28. The Balaban J connectivity index is 0.000000215. The summed E-state index contributed by atoms with van der Waals surface area (Å²) in [6, 6.07) is 20.2. The number of amides is 1. The van der Waals surface area contributed by atoms with Gasteiger partial charge in [-0.15, -0.1) is 0 Å². The summed E-state index contributed by atoms with van der Waals surface area (Å²) < 4.78 is 0. The molecule has 0 bridgehead atoms. The highest BCUT2D eigenvalue weighted by molar-refractivity contribution is 5.90. The van der Waals surface area contributed by atoms with Crippen LogP contribution < -0.4 is 11.1 Å². The summed E-state index contributed by atoms with van der Waals surface area (Å²) in [7, 11) is 0. The lowest BCUT2D eigenvalue weighted by molar-refractivity contribution is -0.141. The number of carboxylic acid groups (broad SMARTS) is 1. The number of aliphatic carboxylic acids is 1. The van der Waals surface area contributed by atoms with Crippen molar-refractivity contribution in [1.29, 1.82) is 0 Å². The number of nitrogens with two attached hydrogens (primary N) is 1. The number of nitrogens with zero attached hydrogens (tertiary/aromatic N) is 1. The number of hydrogen-bond acceptors (Lipinski definition) is 7. The van der Waals surface area contributed by atoms with Gasteiger partial charge in [-0.3, -0.25) is 24.0 Å². The van der Waals surface area contributed by atoms with Crippen LogP contribution in [0, 0.1) is 38.5 Å². The Bertz CT molecular complexity index is 1770. The van der Waals surface area contributed by atoms with Gasteiger partial charge in [-0.05, 0) is 121 Å². The van der Waals surface area contributed by atoms with Crippen molar-refractivity contribution < 1.29 is 29.1 Å². The third kappa shape index (κ3) is 12.5. The third-order valence-corrected chi connectivity index (χ3v) is 11.1. The smallest absolute Gasteiger partial charge is 0.306 e. The van der Waals surface area contributed by atoms with Crippen molar-refractivity contribution in [1.82, 2.24) is 10.3 Å². The average Bonchev–Trinajstić information content (AvgIpc) is 3.90. The first kappa shape index (κ1) is 41.1. The van der Waals surface area contributed by atoms with Crippen molar-refractivity contribution in [2.75, 3.05) is 5.73 Å². The van der Waals surface area contributed by atoms with Crippen molar-refractivity contribution in [3.05, 3.63) is 94.2 Å². The van der Waals surface area contributed by atoms with E-state index in [0.29, 0.717) is 43.3 Å². The molecule has 0 aliphatic heterocycles. The van der Waals surface area contributed by atoms with Crippen molar-refractivity contribution in [3.63, 3.8) is 0 Å². The fraction of sp³-hybridized carbons (Fsp3) is 0.500. The second kappa shape index (κ2) is 19.4. The fourth-order valence-electron chi connectivity index (χ4n) is 7.80. The Morgan fingerprint density at radius 2 is 1.42 bits per heavy atom. The zero-order chi connectivity index (χ0) is 38.7. The van der Waals surface area contributed by atoms with Gasteiger partial charge in [-0.25, -0.2) is 4.98 Å². The van der Waals surface area contributed by atoms with Gasteiger partial charge < -0.3 is 16.2 Å². The van der Waals surface area contributed by atoms with E-state index in [1.807, 2.05) is 13.0 Å². The van der Waals surface area contributed by atoms with Crippen LogP contribution in [0.25, 0.3) is 0 Å². The summed E-state index contributed by atoms with van der Waals surface area (Å²) in [4.78, 5) is 61.5. The standard InChI is InChI=1S/C24H31N3O2.C13H16O2.C7H10O2/c1-15-5-4-6-19(13-15)20-7-8-21(14-20)24(29)27-17(3)22(28)11-9-18-10-12-23(25)26-16(18)2;1-9-3-2-4-10(7-9)11-5-6-12(8-11)13(14)15;1-5(8)6-2-3-7(9)4-6/h4-6,10,12-13,17,20-21H,7-9,11,14H2,1-3H3,(H2,25,26)(H,27,29);2-4,7,11-12H,5-6,8H2,1H3,(H,14,15);6H,2-4H2,1H3/t17-,20-,21+;11-,12+;6-/m001/s1. The quantitative estimate of drug-likeness (QED) is 0.192. The molecule has 1 aromatic heterocycles. The second-order valence-corrected chi connectivity index (χ2v) is 15.3. The van der Waals surface area contributed by atoms with Crippen LogP contribution in [0.5, 0.6) is 0 Å². The van der Waals surface area contributed by atoms with Crippen molar-refractivity contribution >= 4 is 35.0 Å². The number of Topliss-reactive ketones (excluding diaryl/α,β-unsaturated/α-hetero) is 3. The van der Waals surface area contributed by atoms with Crippen LogP contribution in [0.3, 0.4) is 0 Å². The third-order valence-electron chi connectivity index (χ3n) is 11.1. The molecule has 0 radical (unpaired) electrons. The van der Waals surface area contributed by atoms with Crippen molar-refractivity contribution in [2.24, 2.45) is 17.8 Å². The Kier molecular flexibility index (Phi) is 15.1. The van der Waals surface area contributed by atoms with Gasteiger partial charge in [0.25, 0.3) is 0 Å². The van der Waals surface area contributed by atoms with Crippen molar-refractivity contribution in [2.45, 2.75) is 123 Å². The summed E-state index contributed by atoms with van der Waals surface area (Å²) in [5, 5.41) is 11.9. The summed E-state index contributed by atoms with van der Waals surface area (Å²) >= 11 is 0. The highest BCUT2D eigenvalue weighted by Gasteiger charge is 2.32. The maximum absolute atomic E-state index is 12.7. The van der Waals surface area contributed by atoms with Gasteiger partial charge in [0.1, 0.15) is 17.4 Å². The molecule has 6 atom stereocenters. The molecule has 6 rings (SSSR count). The number of nitrogen functional groups attached to an aromatic ring is 1. The molecular formula is C44H57N3O6. The molecule has 4 N–H and O–H groups in total. The maximum Gasteiger partial charge on any atom is 0.306 e. The molecule has 9 heteroatoms. The summed E-state index contributed by atoms with van der Waals surface area (Å²) in [6.45, 7) is 9.40. The monoisotopic (exact) mass is 723 g/mol. The van der Waals surface area contributed by atoms with E-state index in [9.17, 15) is 24.0 Å². The molecule has 9 nitrogen and oxygen atoms in total. The number of rotatable bonds is 10. The van der Waals surface area contributed by atoms with E-state index in [0.717, 1.165) is 56.2 Å². The predicted octanol–water partition coefficient (Wildman–Crippen LogP) is 7.78. The molecule has 1 amide bonds. The number of hydrogen-bond donors (Lipinski definition) is 3. The van der Waals surface area contributed by atoms with Crippen LogP contribution in [0.1, 0.15) is 123 Å². The van der Waals surface area contributed by atoms with Gasteiger partial charge in [0.2, 0.25) is 5.91 Å². The molecule has 3 fully saturated rings. The molecule has 3 aromatic rings. The predicted molar refractivity (Wildman–Crippen MR) is 208 cm³/mol. The number of carboxylic acids is 1. The Labute approximate surface area is 314 Å². The number of carbonyl (C=O) groups is 5. The van der Waals surface area contributed by atoms with Crippen LogP contribution in [-0.2, 0) is 30.4 Å². The molecule has 0 saturated heterocycles. The molecule has 3 saturated carbocycles. The minimum absolute atomic E-state index is 0.00587. The first-order valence-corrected chi connectivity index (χ1v) is 19.1. The van der Waals surface area contributed by atoms with Crippen LogP contribution >= 0.6 is 0 Å². The molecule has 284 valence electrons. The zero-order valence-electron chi connectivity index (χ0n) is 32.0. The van der Waals surface area contributed by atoms with E-state index >= 15 is 0 Å². The van der Waals surface area contributed by atoms with Gasteiger partial charge in [0, 0.05) is 36.8 Å². The number of ketones is 3. The molecule has 53 heavy (non-hydrogen) atoms. The fourth-order valence-corrected chi connectivity index (χ4v) is 7.80. The summed E-state index contributed by atoms with van der Waals surface area (Å²) in [5.41, 5.74) is 12.7. The van der Waals surface area contributed by atoms with E-state index in [-0.39, 0.29) is 41.0 Å². The Morgan fingerprint density at radius 1 is 0.830 bits per heavy atom. The molecule has 1 heterocycles. The van der Waals surface area contributed by atoms with Gasteiger partial charge >= 0.3 is 5.97 Å². The zero-order valence-corrected chi connectivity index (χ0v) is 32.0. The molecule has 0 spiro atoms. The second-order valence-electron chi connectivity index (χ2n) is 15.3. The van der Waals surface area contributed by atoms with Crippen LogP contribution in [-0.4, -0.2) is 45.4 Å². The van der Waals surface area contributed by atoms with Crippen molar-refractivity contribution in [3.8, 4) is 0 Å². The first-order valence-electron chi connectivity index (χ1n) is 19.1. The number of benzene rings is 2. The molecule has 0 unspecified atom stereocenters. The van der Waals surface area contributed by atoms with Crippen LogP contribution in [0.4, 0.5) is 5.82 Å². The molecular weight excluding hydrogens is 666 g/mol. The van der Waals surface area contributed by atoms with Crippen LogP contribution in [0.2, 0.25) is 0 Å². The maximum atomic E-state index is 12.7. The number of carbonyl (C=O) groups excluding carboxylic acids is 4. The van der Waals surface area contributed by atoms with E-state index in [1.165, 1.54) is 22.3 Å². The van der Waals surface area contributed by atoms with Crippen LogP contribution in [0.15, 0.2) is 60.7 Å². The molecule has 2 aromatic carbocycles. The Morgan fingerprint density at radius 3 is 1.89 bits per heavy atom. The number of nitrogens with one attached hydrogen (secondary N) is 1. The summed E-state index contributed by atoms with van der Waals surface area (Å²) in [5.74, 6) is 1.10. The number of aromatic nitrogens is 1. The van der Waals surface area contributed by atoms with E-state index in [4.69, 9.17) is 10.8 Å². The molecule has 3 aliphatic carbocycles. The lowest BCUT2D eigenvalue weighted by Crippen LogP contribution is -2.41. The number of aryl methyl sites for hydroxylation is 4. The Hall–Kier alpha value is -4.66. The van der Waals surface area contributed by atoms with E-state index in [2.05, 4.69) is 72.7 Å². The van der Waals surface area contributed by atoms with Gasteiger partial charge in [0.15, 0.2) is 5.78 Å². The number of pyridine rings is 1. The van der Waals surface area contributed by atoms with Gasteiger partial charge in [0.05, 0.1) is 12.0 Å². The largest absolute Gasteiger partial charge is 0.481 e. The lowest BCUT2D eigenvalue weighted by Gasteiger charge is -2.17. The minimum atomic E-state index is -0.634. The highest BCUT2D eigenvalue weighted by atomic mass is 16.4. The highest BCUT2D eigenvalue weighted by Crippen LogP contribution is 2.39. The minimum Gasteiger partial charge on any atom is -0.481 e. The van der Waals surface area contributed by atoms with Gasteiger partial charge in [-0.2, -0.15) is 0 Å².